The lowest BCUT2D eigenvalue weighted by atomic mass is 10.1. The van der Waals surface area contributed by atoms with Crippen LogP contribution in [0.1, 0.15) is 28.3 Å². The van der Waals surface area contributed by atoms with Crippen molar-refractivity contribution in [1.82, 2.24) is 5.32 Å². The summed E-state index contributed by atoms with van der Waals surface area (Å²) in [6, 6.07) is 4.47. The zero-order valence-electron chi connectivity index (χ0n) is 10.3. The lowest BCUT2D eigenvalue weighted by molar-refractivity contribution is 0.408. The second-order valence-corrected chi connectivity index (χ2v) is 5.71. The maximum atomic E-state index is 5.43. The Morgan fingerprint density at radius 3 is 2.53 bits per heavy atom. The lowest BCUT2D eigenvalue weighted by Gasteiger charge is -2.17. The van der Waals surface area contributed by atoms with E-state index < -0.39 is 0 Å². The topological polar surface area (TPSA) is 21.3 Å². The van der Waals surface area contributed by atoms with Crippen molar-refractivity contribution >= 4 is 22.7 Å². The molecule has 2 heterocycles. The van der Waals surface area contributed by atoms with Crippen molar-refractivity contribution in [3.05, 3.63) is 38.2 Å². The molecule has 0 amide bonds. The van der Waals surface area contributed by atoms with E-state index in [0.29, 0.717) is 0 Å². The molecule has 1 unspecified atom stereocenters. The van der Waals surface area contributed by atoms with Crippen LogP contribution in [0.2, 0.25) is 0 Å². The molecule has 0 radical (unpaired) electrons. The summed E-state index contributed by atoms with van der Waals surface area (Å²) in [6.45, 7) is 5.25. The molecule has 0 saturated heterocycles. The summed E-state index contributed by atoms with van der Waals surface area (Å²) in [5.41, 5.74) is 1.34. The third kappa shape index (κ3) is 2.54. The van der Waals surface area contributed by atoms with E-state index in [9.17, 15) is 0 Å². The highest BCUT2D eigenvalue weighted by Gasteiger charge is 2.21. The highest BCUT2D eigenvalue weighted by molar-refractivity contribution is 7.12. The SMILES string of the molecule is CCNC(c1sccc1C)c1sccc1OC. The summed E-state index contributed by atoms with van der Waals surface area (Å²) in [4.78, 5) is 2.65. The van der Waals surface area contributed by atoms with Gasteiger partial charge in [0.05, 0.1) is 18.0 Å². The molecule has 1 N–H and O–H groups in total. The van der Waals surface area contributed by atoms with Crippen molar-refractivity contribution in [3.8, 4) is 5.75 Å². The Morgan fingerprint density at radius 1 is 1.24 bits per heavy atom. The van der Waals surface area contributed by atoms with Gasteiger partial charge in [-0.05, 0) is 41.9 Å². The molecule has 0 fully saturated rings. The zero-order valence-corrected chi connectivity index (χ0v) is 12.0. The first kappa shape index (κ1) is 12.6. The van der Waals surface area contributed by atoms with Crippen molar-refractivity contribution in [2.24, 2.45) is 0 Å². The normalized spacial score (nSPS) is 12.6. The summed E-state index contributed by atoms with van der Waals surface area (Å²) in [7, 11) is 1.73. The first-order valence-electron chi connectivity index (χ1n) is 5.66. The lowest BCUT2D eigenvalue weighted by Crippen LogP contribution is -2.21. The van der Waals surface area contributed by atoms with Gasteiger partial charge in [-0.1, -0.05) is 6.92 Å². The van der Waals surface area contributed by atoms with Crippen LogP contribution >= 0.6 is 22.7 Å². The number of methoxy groups -OCH3 is 1. The minimum Gasteiger partial charge on any atom is -0.496 e. The number of hydrogen-bond donors (Lipinski definition) is 1. The fourth-order valence-electron chi connectivity index (χ4n) is 1.88. The number of ether oxygens (including phenoxy) is 1. The molecule has 0 bridgehead atoms. The van der Waals surface area contributed by atoms with E-state index in [1.54, 1.807) is 29.8 Å². The van der Waals surface area contributed by atoms with Crippen LogP contribution in [0, 0.1) is 6.92 Å². The average molecular weight is 267 g/mol. The monoisotopic (exact) mass is 267 g/mol. The van der Waals surface area contributed by atoms with E-state index in [2.05, 4.69) is 36.0 Å². The van der Waals surface area contributed by atoms with Crippen molar-refractivity contribution in [2.45, 2.75) is 19.9 Å². The standard InChI is InChI=1S/C13H17NOS2/c1-4-14-11(12-9(2)5-7-16-12)13-10(15-3)6-8-17-13/h5-8,11,14H,4H2,1-3H3. The van der Waals surface area contributed by atoms with E-state index in [1.807, 2.05) is 6.07 Å². The molecule has 17 heavy (non-hydrogen) atoms. The van der Waals surface area contributed by atoms with Gasteiger partial charge in [0.2, 0.25) is 0 Å². The Morgan fingerprint density at radius 2 is 1.94 bits per heavy atom. The molecule has 2 nitrogen and oxygen atoms in total. The minimum absolute atomic E-state index is 0.259. The molecule has 92 valence electrons. The predicted octanol–water partition coefficient (Wildman–Crippen LogP) is 3.83. The van der Waals surface area contributed by atoms with Gasteiger partial charge in [0, 0.05) is 4.88 Å². The van der Waals surface area contributed by atoms with Crippen LogP contribution in [0.3, 0.4) is 0 Å². The van der Waals surface area contributed by atoms with Crippen LogP contribution in [0.4, 0.5) is 0 Å². The van der Waals surface area contributed by atoms with E-state index >= 15 is 0 Å². The van der Waals surface area contributed by atoms with E-state index in [-0.39, 0.29) is 6.04 Å². The molecule has 0 saturated carbocycles. The van der Waals surface area contributed by atoms with Gasteiger partial charge in [-0.2, -0.15) is 0 Å². The number of aryl methyl sites for hydroxylation is 1. The van der Waals surface area contributed by atoms with Gasteiger partial charge >= 0.3 is 0 Å². The molecule has 4 heteroatoms. The van der Waals surface area contributed by atoms with Crippen LogP contribution < -0.4 is 10.1 Å². The summed E-state index contributed by atoms with van der Waals surface area (Å²) in [5.74, 6) is 0.980. The maximum absolute atomic E-state index is 5.43. The average Bonchev–Trinajstić information content (AvgIpc) is 2.94. The molecule has 0 spiro atoms. The number of thiophene rings is 2. The smallest absolute Gasteiger partial charge is 0.134 e. The molecule has 0 aliphatic carbocycles. The van der Waals surface area contributed by atoms with Crippen molar-refractivity contribution in [1.29, 1.82) is 0 Å². The zero-order chi connectivity index (χ0) is 12.3. The molecule has 2 rings (SSSR count). The second kappa shape index (κ2) is 5.67. The third-order valence-corrected chi connectivity index (χ3v) is 4.76. The van der Waals surface area contributed by atoms with Crippen LogP contribution in [0.15, 0.2) is 22.9 Å². The van der Waals surface area contributed by atoms with Gasteiger partial charge in [0.15, 0.2) is 0 Å². The summed E-state index contributed by atoms with van der Waals surface area (Å²) in [6.07, 6.45) is 0. The predicted molar refractivity (Wildman–Crippen MR) is 75.4 cm³/mol. The van der Waals surface area contributed by atoms with Gasteiger partial charge in [-0.3, -0.25) is 0 Å². The Balaban J connectivity index is 2.39. The van der Waals surface area contributed by atoms with Crippen molar-refractivity contribution in [2.75, 3.05) is 13.7 Å². The van der Waals surface area contributed by atoms with Crippen molar-refractivity contribution in [3.63, 3.8) is 0 Å². The largest absolute Gasteiger partial charge is 0.496 e. The maximum Gasteiger partial charge on any atom is 0.134 e. The molecule has 0 aromatic carbocycles. The Kier molecular flexibility index (Phi) is 4.20. The van der Waals surface area contributed by atoms with E-state index in [0.717, 1.165) is 12.3 Å². The highest BCUT2D eigenvalue weighted by atomic mass is 32.1. The number of rotatable bonds is 5. The molecular weight excluding hydrogens is 250 g/mol. The van der Waals surface area contributed by atoms with Gasteiger partial charge < -0.3 is 10.1 Å². The first-order chi connectivity index (χ1) is 8.27. The van der Waals surface area contributed by atoms with Crippen molar-refractivity contribution < 1.29 is 4.74 Å². The molecule has 2 aromatic rings. The summed E-state index contributed by atoms with van der Waals surface area (Å²) in [5, 5.41) is 7.78. The Labute approximate surface area is 110 Å². The summed E-state index contributed by atoms with van der Waals surface area (Å²) >= 11 is 3.55. The van der Waals surface area contributed by atoms with Gasteiger partial charge in [-0.25, -0.2) is 0 Å². The summed E-state index contributed by atoms with van der Waals surface area (Å²) < 4.78 is 5.43. The molecule has 0 aliphatic rings. The second-order valence-electron chi connectivity index (χ2n) is 3.81. The van der Waals surface area contributed by atoms with E-state index in [4.69, 9.17) is 4.74 Å². The fourth-order valence-corrected chi connectivity index (χ4v) is 3.90. The third-order valence-electron chi connectivity index (χ3n) is 2.71. The van der Waals surface area contributed by atoms with E-state index in [1.165, 1.54) is 15.3 Å². The Hall–Kier alpha value is -0.840. The van der Waals surface area contributed by atoms with Crippen LogP contribution in [0.5, 0.6) is 5.75 Å². The van der Waals surface area contributed by atoms with Crippen LogP contribution in [-0.2, 0) is 0 Å². The van der Waals surface area contributed by atoms with Crippen LogP contribution in [0.25, 0.3) is 0 Å². The van der Waals surface area contributed by atoms with Gasteiger partial charge in [0.25, 0.3) is 0 Å². The minimum atomic E-state index is 0.259. The molecular formula is C13H17NOS2. The van der Waals surface area contributed by atoms with Gasteiger partial charge in [-0.15, -0.1) is 22.7 Å². The fraction of sp³-hybridized carbons (Fsp3) is 0.385. The van der Waals surface area contributed by atoms with Crippen LogP contribution in [-0.4, -0.2) is 13.7 Å². The Bertz CT molecular complexity index is 475. The molecule has 0 aliphatic heterocycles. The number of hydrogen-bond acceptors (Lipinski definition) is 4. The number of nitrogens with one attached hydrogen (secondary N) is 1. The first-order valence-corrected chi connectivity index (χ1v) is 7.42. The molecule has 2 aromatic heterocycles. The quantitative estimate of drug-likeness (QED) is 0.889. The molecule has 1 atom stereocenters. The van der Waals surface area contributed by atoms with Gasteiger partial charge in [0.1, 0.15) is 5.75 Å². The highest BCUT2D eigenvalue weighted by Crippen LogP contribution is 2.37.